The number of pyridine rings is 2. The number of aliphatic hydroxyl groups is 1. The first kappa shape index (κ1) is 15.4. The van der Waals surface area contributed by atoms with Crippen molar-refractivity contribution < 1.29 is 13.9 Å². The summed E-state index contributed by atoms with van der Waals surface area (Å²) >= 11 is 0. The Balaban J connectivity index is 1.83. The van der Waals surface area contributed by atoms with Gasteiger partial charge in [-0.15, -0.1) is 0 Å². The molecule has 0 aliphatic rings. The number of hydrogen-bond donors (Lipinski definition) is 1. The third-order valence-electron chi connectivity index (χ3n) is 4.03. The molecule has 1 aromatic carbocycles. The molecule has 25 heavy (non-hydrogen) atoms. The van der Waals surface area contributed by atoms with Crippen molar-refractivity contribution in [2.24, 2.45) is 0 Å². The van der Waals surface area contributed by atoms with E-state index in [0.717, 1.165) is 11.8 Å². The highest BCUT2D eigenvalue weighted by atomic mass is 19.1. The topological polar surface area (TPSA) is 50.4 Å². The van der Waals surface area contributed by atoms with Crippen LogP contribution in [0.3, 0.4) is 0 Å². The highest BCUT2D eigenvalue weighted by Crippen LogP contribution is 2.28. The van der Waals surface area contributed by atoms with Crippen molar-refractivity contribution in [2.45, 2.75) is 6.61 Å². The molecule has 0 spiro atoms. The first-order valence-electron chi connectivity index (χ1n) is 7.65. The molecule has 0 fully saturated rings. The van der Waals surface area contributed by atoms with Gasteiger partial charge in [-0.3, -0.25) is 4.98 Å². The van der Waals surface area contributed by atoms with Crippen LogP contribution in [0.5, 0.6) is 0 Å². The Morgan fingerprint density at radius 2 is 1.84 bits per heavy atom. The third kappa shape index (κ3) is 2.66. The summed E-state index contributed by atoms with van der Waals surface area (Å²) < 4.78 is 29.8. The molecule has 1 N–H and O–H groups in total. The lowest BCUT2D eigenvalue weighted by atomic mass is 10.0. The zero-order valence-corrected chi connectivity index (χ0v) is 13.0. The van der Waals surface area contributed by atoms with Crippen LogP contribution in [-0.4, -0.2) is 19.5 Å². The van der Waals surface area contributed by atoms with Gasteiger partial charge in [0.25, 0.3) is 0 Å². The molecule has 4 aromatic rings. The van der Waals surface area contributed by atoms with Gasteiger partial charge in [0.15, 0.2) is 0 Å². The number of hydrogen-bond acceptors (Lipinski definition) is 3. The van der Waals surface area contributed by atoms with Crippen LogP contribution in [0, 0.1) is 11.6 Å². The zero-order valence-electron chi connectivity index (χ0n) is 13.0. The van der Waals surface area contributed by atoms with Crippen LogP contribution in [0.1, 0.15) is 5.56 Å². The van der Waals surface area contributed by atoms with Crippen molar-refractivity contribution in [2.75, 3.05) is 0 Å². The molecule has 6 heteroatoms. The summed E-state index contributed by atoms with van der Waals surface area (Å²) in [6, 6.07) is 11.5. The fourth-order valence-corrected chi connectivity index (χ4v) is 2.75. The highest BCUT2D eigenvalue weighted by molar-refractivity contribution is 5.68. The normalized spacial score (nSPS) is 11.2. The Morgan fingerprint density at radius 1 is 0.960 bits per heavy atom. The average Bonchev–Trinajstić information content (AvgIpc) is 3.06. The molecule has 124 valence electrons. The van der Waals surface area contributed by atoms with Crippen LogP contribution in [-0.2, 0) is 6.61 Å². The van der Waals surface area contributed by atoms with E-state index in [1.54, 1.807) is 35.1 Å². The van der Waals surface area contributed by atoms with E-state index in [2.05, 4.69) is 9.97 Å². The van der Waals surface area contributed by atoms with Crippen molar-refractivity contribution in [1.29, 1.82) is 0 Å². The summed E-state index contributed by atoms with van der Waals surface area (Å²) in [5.74, 6) is -1.52. The van der Waals surface area contributed by atoms with Crippen LogP contribution in [0.4, 0.5) is 8.78 Å². The molecule has 0 aliphatic carbocycles. The number of halogens is 2. The predicted octanol–water partition coefficient (Wildman–Crippen LogP) is 3.83. The van der Waals surface area contributed by atoms with Gasteiger partial charge in [0, 0.05) is 35.3 Å². The van der Waals surface area contributed by atoms with Gasteiger partial charge >= 0.3 is 0 Å². The van der Waals surface area contributed by atoms with Crippen molar-refractivity contribution in [3.8, 4) is 22.5 Å². The van der Waals surface area contributed by atoms with Gasteiger partial charge in [-0.1, -0.05) is 6.07 Å². The SMILES string of the molecule is OCc1c(F)ccc(-c2ccc3nc(-c4ccccn4)cn3c2)c1F. The number of imidazole rings is 1. The van der Waals surface area contributed by atoms with Crippen molar-refractivity contribution >= 4 is 5.65 Å². The standard InChI is InChI=1S/C19H13F2N3O/c20-15-6-5-13(19(21)14(15)11-25)12-4-7-18-23-17(10-24(18)9-12)16-3-1-2-8-22-16/h1-10,25H,11H2. The average molecular weight is 337 g/mol. The molecular formula is C19H13F2N3O. The summed E-state index contributed by atoms with van der Waals surface area (Å²) in [6.45, 7) is -0.692. The van der Waals surface area contributed by atoms with Gasteiger partial charge in [-0.25, -0.2) is 13.8 Å². The van der Waals surface area contributed by atoms with Crippen LogP contribution in [0.15, 0.2) is 61.1 Å². The minimum absolute atomic E-state index is 0.223. The summed E-state index contributed by atoms with van der Waals surface area (Å²) in [6.07, 6.45) is 5.21. The fraction of sp³-hybridized carbons (Fsp3) is 0.0526. The molecule has 0 saturated carbocycles. The number of rotatable bonds is 3. The molecule has 4 rings (SSSR count). The molecule has 0 saturated heterocycles. The molecular weight excluding hydrogens is 324 g/mol. The fourth-order valence-electron chi connectivity index (χ4n) is 2.75. The molecule has 3 heterocycles. The molecule has 0 atom stereocenters. The zero-order chi connectivity index (χ0) is 17.4. The van der Waals surface area contributed by atoms with E-state index in [1.165, 1.54) is 6.07 Å². The van der Waals surface area contributed by atoms with E-state index in [9.17, 15) is 8.78 Å². The lowest BCUT2D eigenvalue weighted by Gasteiger charge is -2.08. The lowest BCUT2D eigenvalue weighted by Crippen LogP contribution is -1.98. The van der Waals surface area contributed by atoms with Gasteiger partial charge in [0.2, 0.25) is 0 Å². The third-order valence-corrected chi connectivity index (χ3v) is 4.03. The second-order valence-electron chi connectivity index (χ2n) is 5.57. The largest absolute Gasteiger partial charge is 0.391 e. The molecule has 0 amide bonds. The molecule has 0 aliphatic heterocycles. The number of aliphatic hydroxyl groups excluding tert-OH is 1. The van der Waals surface area contributed by atoms with E-state index < -0.39 is 18.2 Å². The van der Waals surface area contributed by atoms with Crippen molar-refractivity contribution in [3.05, 3.63) is 78.3 Å². The maximum atomic E-state index is 14.5. The number of nitrogens with zero attached hydrogens (tertiary/aromatic N) is 3. The molecule has 3 aromatic heterocycles. The predicted molar refractivity (Wildman–Crippen MR) is 89.7 cm³/mol. The van der Waals surface area contributed by atoms with E-state index in [4.69, 9.17) is 5.11 Å². The summed E-state index contributed by atoms with van der Waals surface area (Å²) in [4.78, 5) is 8.76. The smallest absolute Gasteiger partial charge is 0.139 e. The monoisotopic (exact) mass is 337 g/mol. The van der Waals surface area contributed by atoms with Crippen LogP contribution in [0.25, 0.3) is 28.2 Å². The van der Waals surface area contributed by atoms with E-state index in [-0.39, 0.29) is 11.1 Å². The first-order valence-corrected chi connectivity index (χ1v) is 7.65. The van der Waals surface area contributed by atoms with Crippen LogP contribution < -0.4 is 0 Å². The van der Waals surface area contributed by atoms with Crippen LogP contribution >= 0.6 is 0 Å². The Kier molecular flexibility index (Phi) is 3.74. The van der Waals surface area contributed by atoms with Gasteiger partial charge in [-0.2, -0.15) is 0 Å². The van der Waals surface area contributed by atoms with Gasteiger partial charge < -0.3 is 9.51 Å². The summed E-state index contributed by atoms with van der Waals surface area (Å²) in [7, 11) is 0. The van der Waals surface area contributed by atoms with E-state index >= 15 is 0 Å². The Labute approximate surface area is 142 Å². The van der Waals surface area contributed by atoms with E-state index in [1.807, 2.05) is 18.2 Å². The highest BCUT2D eigenvalue weighted by Gasteiger charge is 2.15. The van der Waals surface area contributed by atoms with Gasteiger partial charge in [0.1, 0.15) is 23.0 Å². The Hall–Kier alpha value is -3.12. The summed E-state index contributed by atoms with van der Waals surface area (Å²) in [5.41, 5.74) is 2.58. The second-order valence-corrected chi connectivity index (χ2v) is 5.57. The van der Waals surface area contributed by atoms with E-state index in [0.29, 0.717) is 16.9 Å². The van der Waals surface area contributed by atoms with Crippen molar-refractivity contribution in [1.82, 2.24) is 14.4 Å². The minimum atomic E-state index is -0.759. The quantitative estimate of drug-likeness (QED) is 0.618. The van der Waals surface area contributed by atoms with Gasteiger partial charge in [0.05, 0.1) is 12.3 Å². The van der Waals surface area contributed by atoms with Gasteiger partial charge in [-0.05, 0) is 36.4 Å². The minimum Gasteiger partial charge on any atom is -0.391 e. The molecule has 0 unspecified atom stereocenters. The summed E-state index contributed by atoms with van der Waals surface area (Å²) in [5, 5.41) is 9.17. The number of aromatic nitrogens is 3. The second kappa shape index (κ2) is 6.07. The molecule has 0 radical (unpaired) electrons. The maximum absolute atomic E-state index is 14.5. The lowest BCUT2D eigenvalue weighted by molar-refractivity contribution is 0.269. The van der Waals surface area contributed by atoms with Crippen molar-refractivity contribution in [3.63, 3.8) is 0 Å². The Morgan fingerprint density at radius 3 is 2.60 bits per heavy atom. The molecule has 0 bridgehead atoms. The first-order chi connectivity index (χ1) is 12.2. The number of fused-ring (bicyclic) bond motifs is 1. The Bertz CT molecular complexity index is 1060. The molecule has 4 nitrogen and oxygen atoms in total. The number of benzene rings is 1. The maximum Gasteiger partial charge on any atom is 0.139 e. The van der Waals surface area contributed by atoms with Crippen LogP contribution in [0.2, 0.25) is 0 Å².